The van der Waals surface area contributed by atoms with E-state index >= 15 is 9.59 Å². The summed E-state index contributed by atoms with van der Waals surface area (Å²) in [5, 5.41) is 181. The van der Waals surface area contributed by atoms with E-state index in [-0.39, 0.29) is 29.5 Å². The first-order valence-corrected chi connectivity index (χ1v) is 40.3. The molecule has 690 valence electrons. The Morgan fingerprint density at radius 3 is 1.83 bits per heavy atom. The van der Waals surface area contributed by atoms with Crippen molar-refractivity contribution in [3.05, 3.63) is 41.6 Å². The minimum absolute atomic E-state index is 0.0238. The predicted octanol–water partition coefficient (Wildman–Crippen LogP) is -9.24. The molecule has 4 aliphatic heterocycles. The van der Waals surface area contributed by atoms with Crippen LogP contribution in [0.1, 0.15) is 150 Å². The van der Waals surface area contributed by atoms with Crippen molar-refractivity contribution in [2.24, 2.45) is 11.5 Å². The molecular weight excluding hydrogens is 1650 g/mol. The largest absolute Gasteiger partial charge is 0.508 e. The van der Waals surface area contributed by atoms with Gasteiger partial charge in [-0.25, -0.2) is 9.59 Å². The third kappa shape index (κ3) is 30.1. The maximum Gasteiger partial charge on any atom is 0.335 e. The number of esters is 1. The normalized spacial score (nSPS) is 31.5. The molecule has 1 aromatic carbocycles. The molecule has 1 aromatic rings. The highest BCUT2D eigenvalue weighted by Gasteiger charge is 2.53. The van der Waals surface area contributed by atoms with Crippen molar-refractivity contribution >= 4 is 88.5 Å². The number of hydrogen-bond acceptors (Lipinski definition) is 34. The Hall–Kier alpha value is -8.60. The number of aliphatic hydroxyl groups excluding tert-OH is 13. The fraction of sp³-hybridized carbons (Fsp3) is 0.720. The van der Waals surface area contributed by atoms with Crippen LogP contribution in [0.2, 0.25) is 0 Å². The number of amides is 11. The molecule has 11 amide bonds. The zero-order valence-electron chi connectivity index (χ0n) is 68.2. The molecule has 0 spiro atoms. The zero-order chi connectivity index (χ0) is 91.4. The van der Waals surface area contributed by atoms with E-state index in [4.69, 9.17) is 56.2 Å². The lowest BCUT2D eigenvalue weighted by molar-refractivity contribution is -0.349. The summed E-state index contributed by atoms with van der Waals surface area (Å²) >= 11 is 6.40. The Balaban J connectivity index is 1.62. The van der Waals surface area contributed by atoms with Crippen molar-refractivity contribution in [3.63, 3.8) is 0 Å². The average molecular weight is 1770 g/mol. The van der Waals surface area contributed by atoms with Gasteiger partial charge >= 0.3 is 11.9 Å². The number of aliphatic carboxylic acids is 1. The minimum atomic E-state index is -2.51. The smallest absolute Gasteiger partial charge is 0.335 e. The molecule has 47 heteroatoms. The van der Waals surface area contributed by atoms with Gasteiger partial charge in [-0.1, -0.05) is 76.5 Å². The fourth-order valence-electron chi connectivity index (χ4n) is 13.5. The molecule has 4 fully saturated rings. The van der Waals surface area contributed by atoms with Gasteiger partial charge in [0, 0.05) is 25.3 Å². The Morgan fingerprint density at radius 1 is 0.672 bits per heavy atom. The van der Waals surface area contributed by atoms with E-state index in [1.807, 2.05) is 6.92 Å². The number of unbranched alkanes of at least 4 members (excludes halogenated alkanes) is 6. The van der Waals surface area contributed by atoms with Crippen LogP contribution in [0, 0.1) is 0 Å². The van der Waals surface area contributed by atoms with Gasteiger partial charge in [0.15, 0.2) is 31.1 Å². The summed E-state index contributed by atoms with van der Waals surface area (Å²) < 4.78 is 39.5. The lowest BCUT2D eigenvalue weighted by Gasteiger charge is -2.44. The van der Waals surface area contributed by atoms with Gasteiger partial charge in [0.05, 0.1) is 44.2 Å². The van der Waals surface area contributed by atoms with Crippen molar-refractivity contribution in [2.75, 3.05) is 26.8 Å². The standard InChI is InChI=1S/C75H118ClN11O35/c1-8-17-36(76)18-15-13-11-10-12-14-16-19-42(119-73-60(104)61(41(92)30-116-73)121-75-59(103)56(100)57(101)62(122-75)71(113)114)54(98)70(112)84-48(32(4)90)65(107)85-49-33(5)117-72(115)40(25-27-45(78)94)82-69(111)51(34(6)118-74-58(102)55(99)53(97)43(29-88)120-74)87(7)46(95)28-79-63(105)39(24-26-44(77)93)81-64(106)38(9-2)80-68(110)50(52(96)35-20-22-37(91)23-21-35)86-66(108)47(31(3)89)83-67(49)109/h9,20-23,31-34,36,39-43,47-62,73-75,88-92,96-104H,8,10-19,24-30H2,1-7H3,(H2,77,93)(H2,78,94)(H,79,105)(H,80,110)(H,81,106)(H,82,111)(H,83,109)(H,84,112)(H,85,107)(H,86,108)(H,113,114)/b38-9-/t31?,32?,33?,34?,36?,39-,40+,41+,42?,43+,47?,48?,49?,50?,51?,52?,53+,54?,55-,56-,57+,58-,59+,60-,61+,62-,73-,74+,75+/m0/s1. The number of halogens is 1. The number of aromatic hydroxyl groups is 1. The predicted molar refractivity (Wildman–Crippen MR) is 414 cm³/mol. The number of alkyl halides is 1. The highest BCUT2D eigenvalue weighted by molar-refractivity contribution is 6.20. The summed E-state index contributed by atoms with van der Waals surface area (Å²) in [4.78, 5) is 184. The van der Waals surface area contributed by atoms with Crippen molar-refractivity contribution in [2.45, 2.75) is 314 Å². The number of phenolic OH excluding ortho intramolecular Hbond substituents is 1. The summed E-state index contributed by atoms with van der Waals surface area (Å²) in [6.07, 6.45) is -38.8. The topological polar surface area (TPSA) is 741 Å². The van der Waals surface area contributed by atoms with Gasteiger partial charge in [-0.05, 0) is 84.4 Å². The van der Waals surface area contributed by atoms with E-state index in [0.717, 1.165) is 110 Å². The number of nitrogens with two attached hydrogens (primary N) is 2. The number of ether oxygens (including phenoxy) is 7. The summed E-state index contributed by atoms with van der Waals surface area (Å²) in [5.41, 5.74) is 9.95. The van der Waals surface area contributed by atoms with Gasteiger partial charge in [0.2, 0.25) is 53.2 Å². The van der Waals surface area contributed by atoms with Crippen LogP contribution in [0.4, 0.5) is 0 Å². The molecule has 122 heavy (non-hydrogen) atoms. The maximum absolute atomic E-state index is 15.2. The van der Waals surface area contributed by atoms with E-state index in [9.17, 15) is 129 Å². The number of aliphatic hydroxyl groups is 13. The fourth-order valence-corrected chi connectivity index (χ4v) is 13.9. The molecule has 4 saturated heterocycles. The van der Waals surface area contributed by atoms with E-state index in [2.05, 4.69) is 42.5 Å². The van der Waals surface area contributed by atoms with Gasteiger partial charge in [0.1, 0.15) is 127 Å². The molecule has 13 unspecified atom stereocenters. The number of carbonyl (C=O) groups is 13. The minimum Gasteiger partial charge on any atom is -0.508 e. The number of cyclic esters (lactones) is 1. The van der Waals surface area contributed by atoms with Crippen LogP contribution in [-0.4, -0.2) is 356 Å². The second-order valence-electron chi connectivity index (χ2n) is 30.3. The highest BCUT2D eigenvalue weighted by Crippen LogP contribution is 2.31. The molecule has 0 aliphatic carbocycles. The molecule has 27 N–H and O–H groups in total. The van der Waals surface area contributed by atoms with Gasteiger partial charge in [0.25, 0.3) is 11.8 Å². The van der Waals surface area contributed by atoms with Crippen LogP contribution >= 0.6 is 11.6 Å². The van der Waals surface area contributed by atoms with Gasteiger partial charge in [-0.3, -0.25) is 52.7 Å². The Kier molecular flexibility index (Phi) is 42.4. The van der Waals surface area contributed by atoms with Crippen LogP contribution in [0.5, 0.6) is 5.75 Å². The number of phenols is 1. The average Bonchev–Trinajstić information content (AvgIpc) is 0.798. The van der Waals surface area contributed by atoms with Crippen molar-refractivity contribution in [1.29, 1.82) is 0 Å². The molecule has 0 radical (unpaired) electrons. The number of carbonyl (C=O) groups excluding carboxylic acids is 12. The third-order valence-electron chi connectivity index (χ3n) is 20.7. The second kappa shape index (κ2) is 49.8. The van der Waals surface area contributed by atoms with E-state index in [1.165, 1.54) is 6.92 Å². The Morgan fingerprint density at radius 2 is 1.25 bits per heavy atom. The first-order chi connectivity index (χ1) is 57.4. The van der Waals surface area contributed by atoms with Crippen molar-refractivity contribution in [1.82, 2.24) is 47.4 Å². The van der Waals surface area contributed by atoms with Gasteiger partial charge in [-0.15, -0.1) is 11.6 Å². The number of likely N-dealkylation sites (N-methyl/N-ethyl adjacent to an activating group) is 1. The quantitative estimate of drug-likeness (QED) is 0.0128. The van der Waals surface area contributed by atoms with Crippen LogP contribution in [-0.2, 0) is 95.5 Å². The first-order valence-electron chi connectivity index (χ1n) is 39.8. The molecule has 5 rings (SSSR count). The molecular formula is C75H118ClN11O35. The second-order valence-corrected chi connectivity index (χ2v) is 30.9. The lowest BCUT2D eigenvalue weighted by Crippen LogP contribution is -2.65. The summed E-state index contributed by atoms with van der Waals surface area (Å²) in [6.45, 7) is 4.07. The molecule has 4 aliphatic rings. The van der Waals surface area contributed by atoms with Crippen LogP contribution in [0.3, 0.4) is 0 Å². The third-order valence-corrected chi connectivity index (χ3v) is 21.1. The molecule has 0 saturated carbocycles. The summed E-state index contributed by atoms with van der Waals surface area (Å²) in [6, 6.07) is -11.5. The molecule has 46 nitrogen and oxygen atoms in total. The Bertz CT molecular complexity index is 3690. The Labute approximate surface area is 705 Å². The van der Waals surface area contributed by atoms with Gasteiger partial charge in [-0.2, -0.15) is 0 Å². The van der Waals surface area contributed by atoms with Crippen LogP contribution in [0.25, 0.3) is 0 Å². The number of nitrogens with one attached hydrogen (secondary N) is 8. The monoisotopic (exact) mass is 1770 g/mol. The first kappa shape index (κ1) is 104. The number of rotatable bonds is 36. The van der Waals surface area contributed by atoms with Crippen LogP contribution in [0.15, 0.2) is 36.0 Å². The number of benzene rings is 1. The number of carboxylic acid groups (broad SMARTS) is 1. The molecule has 29 atom stereocenters. The zero-order valence-corrected chi connectivity index (χ0v) is 69.0. The number of carboxylic acids is 1. The van der Waals surface area contributed by atoms with Crippen LogP contribution < -0.4 is 54.0 Å². The van der Waals surface area contributed by atoms with E-state index in [0.29, 0.717) is 17.7 Å². The summed E-state index contributed by atoms with van der Waals surface area (Å²) in [5.74, 6) is -19.1. The highest BCUT2D eigenvalue weighted by atomic mass is 35.5. The van der Waals surface area contributed by atoms with E-state index < -0.39 is 299 Å². The van der Waals surface area contributed by atoms with E-state index in [1.54, 1.807) is 0 Å². The van der Waals surface area contributed by atoms with Crippen molar-refractivity contribution < 1.29 is 172 Å². The number of hydrogen-bond donors (Lipinski definition) is 25. The number of allylic oxidation sites excluding steroid dienone is 1. The van der Waals surface area contributed by atoms with Crippen molar-refractivity contribution in [3.8, 4) is 5.75 Å². The van der Waals surface area contributed by atoms with Gasteiger partial charge < -0.3 is 169 Å². The molecule has 4 heterocycles. The lowest BCUT2D eigenvalue weighted by atomic mass is 9.98. The number of nitrogens with zero attached hydrogens (tertiary/aromatic N) is 1. The summed E-state index contributed by atoms with van der Waals surface area (Å²) in [7, 11) is 0.929. The SMILES string of the molecule is C/C=C1\NC(=O)C(C(O)c2ccc(O)cc2)NC(=O)C(C(C)O)NC(=O)C(NC(=O)C(NC(=O)C(O)C(CCCCCCCCCC(Cl)CCC)O[C@@H]2OC[C@@H](O)[C@@H](O[C@@H]3O[C@H](C(=O)O)[C@H](O)[C@H](O)[C@H]3O)[C@@H]2O)C(C)O)C(C)OC(=O)[C@@H](CCC(N)=O)NC(=O)C(C(C)O[C@@H]2O[C@H](CO)[C@@H](O)[C@H](O)[C@@H]2O)N(C)C(=O)CNC(=O)[C@H](CCC(N)=O)NC1=O. The maximum atomic E-state index is 15.2. The molecule has 0 bridgehead atoms. The number of primary amides is 2. The molecule has 0 aromatic heterocycles.